The number of nitrogens with zero attached hydrogens (tertiary/aromatic N) is 5. The van der Waals surface area contributed by atoms with Crippen LogP contribution in [0.4, 0.5) is 29.3 Å². The van der Waals surface area contributed by atoms with E-state index in [1.165, 1.54) is 17.8 Å². The van der Waals surface area contributed by atoms with Crippen LogP contribution in [0.3, 0.4) is 0 Å². The van der Waals surface area contributed by atoms with Gasteiger partial charge in [-0.3, -0.25) is 14.6 Å². The third-order valence-electron chi connectivity index (χ3n) is 11.0. The Balaban J connectivity index is 0.973. The third-order valence-corrected chi connectivity index (χ3v) is 11.0. The average Bonchev–Trinajstić information content (AvgIpc) is 3.78. The number of aryl methyl sites for hydroxylation is 1. The number of halogens is 3. The van der Waals surface area contributed by atoms with Crippen LogP contribution in [-0.2, 0) is 23.9 Å². The van der Waals surface area contributed by atoms with Gasteiger partial charge in [-0.05, 0) is 88.3 Å². The normalized spacial score (nSPS) is 22.9. The summed E-state index contributed by atoms with van der Waals surface area (Å²) in [4.78, 5) is 37.9. The van der Waals surface area contributed by atoms with Crippen molar-refractivity contribution in [2.75, 3.05) is 29.9 Å². The zero-order valence-corrected chi connectivity index (χ0v) is 27.6. The predicted molar refractivity (Wildman–Crippen MR) is 179 cm³/mol. The minimum atomic E-state index is -4.43. The molecule has 1 saturated carbocycles. The molecule has 2 atom stereocenters. The Morgan fingerprint density at radius 2 is 1.62 bits per heavy atom. The lowest BCUT2D eigenvalue weighted by atomic mass is 9.95. The van der Waals surface area contributed by atoms with E-state index in [4.69, 9.17) is 4.98 Å². The van der Waals surface area contributed by atoms with Crippen molar-refractivity contribution >= 4 is 23.3 Å². The number of nitrogens with one attached hydrogen (secondary N) is 1. The van der Waals surface area contributed by atoms with Crippen molar-refractivity contribution in [2.24, 2.45) is 5.92 Å². The number of alkyl halides is 3. The van der Waals surface area contributed by atoms with E-state index in [0.717, 1.165) is 107 Å². The molecule has 0 spiro atoms. The highest BCUT2D eigenvalue weighted by atomic mass is 19.4. The number of imidazole rings is 1. The minimum Gasteiger partial charge on any atom is -0.336 e. The molecule has 256 valence electrons. The van der Waals surface area contributed by atoms with Crippen molar-refractivity contribution in [3.8, 4) is 0 Å². The summed E-state index contributed by atoms with van der Waals surface area (Å²) in [7, 11) is 0. The van der Waals surface area contributed by atoms with E-state index < -0.39 is 11.7 Å². The average molecular weight is 663 g/mol. The fourth-order valence-corrected chi connectivity index (χ4v) is 8.77. The molecule has 4 heterocycles. The van der Waals surface area contributed by atoms with E-state index in [0.29, 0.717) is 42.8 Å². The quantitative estimate of drug-likeness (QED) is 0.270. The summed E-state index contributed by atoms with van der Waals surface area (Å²) in [6, 6.07) is 14.9. The van der Waals surface area contributed by atoms with Gasteiger partial charge in [-0.25, -0.2) is 9.78 Å². The summed E-state index contributed by atoms with van der Waals surface area (Å²) in [5.41, 5.74) is 2.71. The van der Waals surface area contributed by atoms with Crippen LogP contribution in [0.2, 0.25) is 0 Å². The number of urea groups is 1. The van der Waals surface area contributed by atoms with Crippen molar-refractivity contribution in [3.05, 3.63) is 77.4 Å². The minimum absolute atomic E-state index is 0.197. The van der Waals surface area contributed by atoms with E-state index in [2.05, 4.69) is 21.7 Å². The number of aromatic nitrogens is 2. The number of carbonyl (C=O) groups is 2. The van der Waals surface area contributed by atoms with Crippen LogP contribution in [-0.4, -0.2) is 63.0 Å². The molecule has 0 radical (unpaired) electrons. The first-order valence-corrected chi connectivity index (χ1v) is 17.6. The van der Waals surface area contributed by atoms with Gasteiger partial charge in [0.25, 0.3) is 0 Å². The van der Waals surface area contributed by atoms with Gasteiger partial charge in [0.1, 0.15) is 5.82 Å². The lowest BCUT2D eigenvalue weighted by Crippen LogP contribution is -2.45. The molecular weight excluding hydrogens is 617 g/mol. The van der Waals surface area contributed by atoms with Crippen LogP contribution in [0.1, 0.15) is 86.6 Å². The molecule has 11 heteroatoms. The van der Waals surface area contributed by atoms with Gasteiger partial charge in [0, 0.05) is 67.2 Å². The molecule has 2 aromatic carbocycles. The molecule has 3 aromatic rings. The van der Waals surface area contributed by atoms with E-state index >= 15 is 0 Å². The number of anilines is 2. The van der Waals surface area contributed by atoms with Crippen LogP contribution in [0.5, 0.6) is 0 Å². The lowest BCUT2D eigenvalue weighted by Gasteiger charge is -2.41. The summed E-state index contributed by atoms with van der Waals surface area (Å²) in [6.45, 7) is 4.89. The lowest BCUT2D eigenvalue weighted by molar-refractivity contribution is -0.138. The Bertz CT molecular complexity index is 1590. The Kier molecular flexibility index (Phi) is 9.24. The van der Waals surface area contributed by atoms with E-state index in [1.54, 1.807) is 4.90 Å². The molecule has 1 aromatic heterocycles. The van der Waals surface area contributed by atoms with Crippen LogP contribution in [0.15, 0.2) is 54.6 Å². The Hall–Kier alpha value is -3.86. The highest BCUT2D eigenvalue weighted by molar-refractivity contribution is 6.01. The molecule has 7 rings (SSSR count). The Morgan fingerprint density at radius 1 is 0.938 bits per heavy atom. The fourth-order valence-electron chi connectivity index (χ4n) is 8.77. The molecule has 8 nitrogen and oxygen atoms in total. The summed E-state index contributed by atoms with van der Waals surface area (Å²) in [5, 5.41) is 2.79. The second kappa shape index (κ2) is 13.6. The molecule has 3 fully saturated rings. The number of para-hydroxylation sites is 1. The van der Waals surface area contributed by atoms with Crippen molar-refractivity contribution in [2.45, 2.75) is 102 Å². The van der Waals surface area contributed by atoms with Gasteiger partial charge >= 0.3 is 12.2 Å². The first-order valence-electron chi connectivity index (χ1n) is 17.6. The topological polar surface area (TPSA) is 73.7 Å². The van der Waals surface area contributed by atoms with E-state index in [-0.39, 0.29) is 11.9 Å². The van der Waals surface area contributed by atoms with Crippen LogP contribution in [0, 0.1) is 12.8 Å². The molecular formula is C37H45F3N6O2. The third kappa shape index (κ3) is 6.70. The Labute approximate surface area is 280 Å². The van der Waals surface area contributed by atoms with Crippen molar-refractivity contribution in [1.29, 1.82) is 0 Å². The van der Waals surface area contributed by atoms with Gasteiger partial charge in [0.2, 0.25) is 5.91 Å². The highest BCUT2D eigenvalue weighted by Gasteiger charge is 2.42. The monoisotopic (exact) mass is 662 g/mol. The molecule has 3 aliphatic heterocycles. The molecule has 0 unspecified atom stereocenters. The zero-order chi connectivity index (χ0) is 33.4. The molecule has 3 amide bonds. The SMILES string of the molecule is Cc1nc2c(n1C1C[C@H]3CC[C@H](C1)N3CCCN(C(=O)Nc1ccc(C(F)(F)F)cc1)c1ccccc1)CCN(C(=O)C1CCCC1)C2. The number of hydrogen-bond donors (Lipinski definition) is 1. The number of amides is 3. The van der Waals surface area contributed by atoms with Crippen molar-refractivity contribution in [1.82, 2.24) is 19.4 Å². The maximum atomic E-state index is 13.4. The van der Waals surface area contributed by atoms with Gasteiger partial charge in [-0.2, -0.15) is 13.2 Å². The number of benzene rings is 2. The van der Waals surface area contributed by atoms with Crippen molar-refractivity contribution < 1.29 is 22.8 Å². The highest BCUT2D eigenvalue weighted by Crippen LogP contribution is 2.43. The first kappa shape index (κ1) is 32.7. The second-order valence-electron chi connectivity index (χ2n) is 14.0. The van der Waals surface area contributed by atoms with E-state index in [1.807, 2.05) is 35.2 Å². The number of carbonyl (C=O) groups excluding carboxylic acids is 2. The van der Waals surface area contributed by atoms with Crippen LogP contribution in [0.25, 0.3) is 0 Å². The molecule has 1 aliphatic carbocycles. The van der Waals surface area contributed by atoms with Crippen molar-refractivity contribution in [3.63, 3.8) is 0 Å². The first-order chi connectivity index (χ1) is 23.2. The second-order valence-corrected chi connectivity index (χ2v) is 14.0. The van der Waals surface area contributed by atoms with Crippen LogP contribution < -0.4 is 10.2 Å². The zero-order valence-electron chi connectivity index (χ0n) is 27.6. The number of rotatable bonds is 8. The largest absolute Gasteiger partial charge is 0.416 e. The molecule has 4 aliphatic rings. The fraction of sp³-hybridized carbons (Fsp3) is 0.541. The smallest absolute Gasteiger partial charge is 0.336 e. The Morgan fingerprint density at radius 3 is 2.29 bits per heavy atom. The summed E-state index contributed by atoms with van der Waals surface area (Å²) in [5.74, 6) is 1.58. The summed E-state index contributed by atoms with van der Waals surface area (Å²) >= 11 is 0. The maximum absolute atomic E-state index is 13.4. The van der Waals surface area contributed by atoms with Crippen LogP contribution >= 0.6 is 0 Å². The summed E-state index contributed by atoms with van der Waals surface area (Å²) < 4.78 is 41.6. The van der Waals surface area contributed by atoms with E-state index in [9.17, 15) is 22.8 Å². The van der Waals surface area contributed by atoms with Gasteiger partial charge in [0.15, 0.2) is 0 Å². The van der Waals surface area contributed by atoms with Gasteiger partial charge in [0.05, 0.1) is 17.8 Å². The number of piperidine rings is 1. The summed E-state index contributed by atoms with van der Waals surface area (Å²) in [6.07, 6.45) is 6.06. The van der Waals surface area contributed by atoms with Gasteiger partial charge in [-0.1, -0.05) is 31.0 Å². The molecule has 1 N–H and O–H groups in total. The number of hydrogen-bond acceptors (Lipinski definition) is 4. The van der Waals surface area contributed by atoms with Gasteiger partial charge < -0.3 is 14.8 Å². The number of fused-ring (bicyclic) bond motifs is 3. The standard InChI is InChI=1S/C37H45F3N6O2/c1-25-41-33-24-43(35(47)26-8-5-6-9-26)21-18-34(33)46(25)32-22-30-16-17-31(23-32)44(30)19-7-20-45(29-10-3-2-4-11-29)36(48)42-28-14-12-27(13-15-28)37(38,39)40/h2-4,10-15,26,30-32H,5-9,16-24H2,1H3,(H,42,48)/t30-,31-/m1/s1. The molecule has 48 heavy (non-hydrogen) atoms. The maximum Gasteiger partial charge on any atom is 0.416 e. The molecule has 2 bridgehead atoms. The van der Waals surface area contributed by atoms with Gasteiger partial charge in [-0.15, -0.1) is 0 Å². The molecule has 2 saturated heterocycles. The predicted octanol–water partition coefficient (Wildman–Crippen LogP) is 7.58.